The van der Waals surface area contributed by atoms with Crippen molar-refractivity contribution in [2.45, 2.75) is 83.4 Å². The summed E-state index contributed by atoms with van der Waals surface area (Å²) in [5.41, 5.74) is 0. The molecule has 116 valence electrons. The fourth-order valence-corrected chi connectivity index (χ4v) is 2.94. The van der Waals surface area contributed by atoms with Gasteiger partial charge < -0.3 is 5.32 Å². The molecule has 0 aromatic carbocycles. The van der Waals surface area contributed by atoms with Gasteiger partial charge in [-0.05, 0) is 33.2 Å². The molecule has 4 heteroatoms. The molecule has 0 spiro atoms. The van der Waals surface area contributed by atoms with Crippen LogP contribution in [0, 0.1) is 0 Å². The molecule has 0 saturated carbocycles. The van der Waals surface area contributed by atoms with E-state index in [4.69, 9.17) is 0 Å². The van der Waals surface area contributed by atoms with Crippen LogP contribution in [0.15, 0.2) is 0 Å². The smallest absolute Gasteiger partial charge is 0.154 e. The largest absolute Gasteiger partial charge is 0.312 e. The second-order valence-corrected chi connectivity index (χ2v) is 8.68. The third-order valence-electron chi connectivity index (χ3n) is 4.03. The van der Waals surface area contributed by atoms with Crippen molar-refractivity contribution in [3.63, 3.8) is 0 Å². The van der Waals surface area contributed by atoms with E-state index in [9.17, 15) is 8.42 Å². The molecule has 1 N–H and O–H groups in total. The quantitative estimate of drug-likeness (QED) is 0.592. The predicted octanol–water partition coefficient (Wildman–Crippen LogP) is 3.54. The summed E-state index contributed by atoms with van der Waals surface area (Å²) in [6, 6.07) is 0.0593. The average Bonchev–Trinajstić information content (AvgIpc) is 2.31. The third-order valence-corrected chi connectivity index (χ3v) is 6.23. The van der Waals surface area contributed by atoms with Gasteiger partial charge in [-0.1, -0.05) is 46.0 Å². The first-order valence-electron chi connectivity index (χ1n) is 7.70. The fourth-order valence-electron chi connectivity index (χ4n) is 2.22. The van der Waals surface area contributed by atoms with E-state index < -0.39 is 14.6 Å². The van der Waals surface area contributed by atoms with E-state index >= 15 is 0 Å². The second kappa shape index (κ2) is 8.96. The first kappa shape index (κ1) is 18.9. The highest BCUT2D eigenvalue weighted by atomic mass is 32.2. The lowest BCUT2D eigenvalue weighted by molar-refractivity contribution is 0.375. The SMILES string of the molecule is CCCCCCCC(NCCC)C(C)(C)S(C)(=O)=O. The summed E-state index contributed by atoms with van der Waals surface area (Å²) in [4.78, 5) is 0. The summed E-state index contributed by atoms with van der Waals surface area (Å²) in [7, 11) is -3.04. The van der Waals surface area contributed by atoms with Crippen LogP contribution < -0.4 is 5.32 Å². The summed E-state index contributed by atoms with van der Waals surface area (Å²) < 4.78 is 23.2. The van der Waals surface area contributed by atoms with Crippen LogP contribution >= 0.6 is 0 Å². The Balaban J connectivity index is 4.46. The highest BCUT2D eigenvalue weighted by Crippen LogP contribution is 2.24. The van der Waals surface area contributed by atoms with E-state index in [-0.39, 0.29) is 6.04 Å². The molecule has 19 heavy (non-hydrogen) atoms. The molecule has 0 aliphatic rings. The van der Waals surface area contributed by atoms with E-state index in [0.717, 1.165) is 25.8 Å². The van der Waals surface area contributed by atoms with Crippen molar-refractivity contribution in [1.29, 1.82) is 0 Å². The van der Waals surface area contributed by atoms with Gasteiger partial charge in [0.05, 0.1) is 4.75 Å². The maximum absolute atomic E-state index is 12.0. The maximum atomic E-state index is 12.0. The van der Waals surface area contributed by atoms with Crippen molar-refractivity contribution < 1.29 is 8.42 Å². The molecule has 1 unspecified atom stereocenters. The van der Waals surface area contributed by atoms with E-state index in [2.05, 4.69) is 19.2 Å². The Morgan fingerprint density at radius 1 is 1.00 bits per heavy atom. The van der Waals surface area contributed by atoms with Crippen LogP contribution in [-0.2, 0) is 9.84 Å². The number of hydrogen-bond acceptors (Lipinski definition) is 3. The number of sulfone groups is 1. The molecule has 0 aromatic rings. The molecule has 0 aliphatic heterocycles. The number of hydrogen-bond donors (Lipinski definition) is 1. The Morgan fingerprint density at radius 2 is 1.58 bits per heavy atom. The molecule has 0 heterocycles. The van der Waals surface area contributed by atoms with Crippen molar-refractivity contribution in [2.24, 2.45) is 0 Å². The minimum absolute atomic E-state index is 0.0593. The number of unbranched alkanes of at least 4 members (excludes halogenated alkanes) is 4. The van der Waals surface area contributed by atoms with Crippen LogP contribution in [0.5, 0.6) is 0 Å². The zero-order valence-corrected chi connectivity index (χ0v) is 14.3. The number of rotatable bonds is 11. The van der Waals surface area contributed by atoms with Gasteiger partial charge in [0.25, 0.3) is 0 Å². The molecule has 0 bridgehead atoms. The van der Waals surface area contributed by atoms with Gasteiger partial charge in [-0.2, -0.15) is 0 Å². The zero-order valence-electron chi connectivity index (χ0n) is 13.5. The fraction of sp³-hybridized carbons (Fsp3) is 1.00. The summed E-state index contributed by atoms with van der Waals surface area (Å²) >= 11 is 0. The standard InChI is InChI=1S/C15H33NO2S/c1-6-8-9-10-11-12-14(16-13-7-2)15(3,4)19(5,17)18/h14,16H,6-13H2,1-5H3. The van der Waals surface area contributed by atoms with E-state index in [0.29, 0.717) is 0 Å². The lowest BCUT2D eigenvalue weighted by Crippen LogP contribution is -2.51. The molecule has 0 aromatic heterocycles. The van der Waals surface area contributed by atoms with Crippen LogP contribution in [0.2, 0.25) is 0 Å². The van der Waals surface area contributed by atoms with Crippen molar-refractivity contribution in [3.8, 4) is 0 Å². The topological polar surface area (TPSA) is 46.2 Å². The van der Waals surface area contributed by atoms with Crippen LogP contribution in [-0.4, -0.2) is 32.0 Å². The Bertz CT molecular complexity index is 323. The van der Waals surface area contributed by atoms with Crippen molar-refractivity contribution in [1.82, 2.24) is 5.32 Å². The van der Waals surface area contributed by atoms with Crippen LogP contribution in [0.4, 0.5) is 0 Å². The van der Waals surface area contributed by atoms with Gasteiger partial charge >= 0.3 is 0 Å². The molecule has 0 saturated heterocycles. The first-order chi connectivity index (χ1) is 8.77. The predicted molar refractivity (Wildman–Crippen MR) is 84.4 cm³/mol. The molecule has 0 rings (SSSR count). The molecule has 0 amide bonds. The monoisotopic (exact) mass is 291 g/mol. The van der Waals surface area contributed by atoms with Gasteiger partial charge in [0.1, 0.15) is 0 Å². The normalized spacial score (nSPS) is 14.6. The van der Waals surface area contributed by atoms with E-state index in [1.54, 1.807) is 0 Å². The minimum atomic E-state index is -3.04. The molecule has 0 radical (unpaired) electrons. The van der Waals surface area contributed by atoms with Crippen LogP contribution in [0.3, 0.4) is 0 Å². The second-order valence-electron chi connectivity index (χ2n) is 6.09. The van der Waals surface area contributed by atoms with Crippen molar-refractivity contribution in [2.75, 3.05) is 12.8 Å². The highest BCUT2D eigenvalue weighted by Gasteiger charge is 2.38. The zero-order chi connectivity index (χ0) is 14.9. The van der Waals surface area contributed by atoms with Crippen molar-refractivity contribution >= 4 is 9.84 Å². The Labute approximate surface area is 120 Å². The summed E-state index contributed by atoms with van der Waals surface area (Å²) in [5, 5.41) is 3.43. The van der Waals surface area contributed by atoms with Gasteiger partial charge in [-0.3, -0.25) is 0 Å². The van der Waals surface area contributed by atoms with Crippen LogP contribution in [0.1, 0.15) is 72.6 Å². The average molecular weight is 292 g/mol. The van der Waals surface area contributed by atoms with Gasteiger partial charge in [0.15, 0.2) is 9.84 Å². The maximum Gasteiger partial charge on any atom is 0.154 e. The highest BCUT2D eigenvalue weighted by molar-refractivity contribution is 7.92. The van der Waals surface area contributed by atoms with Crippen LogP contribution in [0.25, 0.3) is 0 Å². The first-order valence-corrected chi connectivity index (χ1v) is 9.59. The Kier molecular flexibility index (Phi) is 8.92. The molecule has 0 aliphatic carbocycles. The summed E-state index contributed by atoms with van der Waals surface area (Å²) in [5.74, 6) is 0. The van der Waals surface area contributed by atoms with Gasteiger partial charge in [-0.15, -0.1) is 0 Å². The molecular weight excluding hydrogens is 258 g/mol. The summed E-state index contributed by atoms with van der Waals surface area (Å²) in [6.07, 6.45) is 9.43. The van der Waals surface area contributed by atoms with E-state index in [1.807, 2.05) is 13.8 Å². The van der Waals surface area contributed by atoms with Gasteiger partial charge in [-0.25, -0.2) is 8.42 Å². The molecule has 0 fully saturated rings. The lowest BCUT2D eigenvalue weighted by atomic mass is 9.96. The Hall–Kier alpha value is -0.0900. The number of nitrogens with one attached hydrogen (secondary N) is 1. The minimum Gasteiger partial charge on any atom is -0.312 e. The lowest BCUT2D eigenvalue weighted by Gasteiger charge is -2.33. The van der Waals surface area contributed by atoms with E-state index in [1.165, 1.54) is 31.9 Å². The Morgan fingerprint density at radius 3 is 2.05 bits per heavy atom. The van der Waals surface area contributed by atoms with Gasteiger partial charge in [0, 0.05) is 12.3 Å². The molecular formula is C15H33NO2S. The van der Waals surface area contributed by atoms with Gasteiger partial charge in [0.2, 0.25) is 0 Å². The summed E-state index contributed by atoms with van der Waals surface area (Å²) in [6.45, 7) is 8.90. The third kappa shape index (κ3) is 6.75. The molecule has 1 atom stereocenters. The van der Waals surface area contributed by atoms with Crippen molar-refractivity contribution in [3.05, 3.63) is 0 Å². The molecule has 3 nitrogen and oxygen atoms in total.